The lowest BCUT2D eigenvalue weighted by molar-refractivity contribution is 0.348. The maximum absolute atomic E-state index is 13.1. The Kier molecular flexibility index (Phi) is 4.03. The summed E-state index contributed by atoms with van der Waals surface area (Å²) in [5, 5.41) is 4.69. The monoisotopic (exact) mass is 319 g/mol. The van der Waals surface area contributed by atoms with Gasteiger partial charge in [-0.2, -0.15) is 4.68 Å². The highest BCUT2D eigenvalue weighted by Gasteiger charge is 2.24. The van der Waals surface area contributed by atoms with Crippen LogP contribution in [0.1, 0.15) is 38.1 Å². The van der Waals surface area contributed by atoms with Crippen molar-refractivity contribution in [3.8, 4) is 17.1 Å². The second kappa shape index (κ2) is 6.48. The van der Waals surface area contributed by atoms with Gasteiger partial charge in [0.2, 0.25) is 0 Å². The molecular weight excluding hydrogens is 298 g/mol. The maximum Gasteiger partial charge on any atom is 0.351 e. The van der Waals surface area contributed by atoms with E-state index in [4.69, 9.17) is 5.10 Å². The normalized spacial score (nSPS) is 15.5. The molecule has 122 valence electrons. The molecule has 4 heteroatoms. The number of benzene rings is 2. The Morgan fingerprint density at radius 2 is 1.46 bits per heavy atom. The molecule has 1 heterocycles. The van der Waals surface area contributed by atoms with Crippen LogP contribution in [0.4, 0.5) is 0 Å². The number of rotatable bonds is 3. The summed E-state index contributed by atoms with van der Waals surface area (Å²) >= 11 is 0. The first-order chi connectivity index (χ1) is 11.8. The highest BCUT2D eigenvalue weighted by Crippen LogP contribution is 2.30. The van der Waals surface area contributed by atoms with Crippen molar-refractivity contribution in [3.63, 3.8) is 0 Å². The van der Waals surface area contributed by atoms with Gasteiger partial charge in [0, 0.05) is 11.6 Å². The topological polar surface area (TPSA) is 39.8 Å². The molecule has 0 amide bonds. The zero-order valence-electron chi connectivity index (χ0n) is 13.6. The van der Waals surface area contributed by atoms with Gasteiger partial charge in [-0.1, -0.05) is 67.8 Å². The zero-order chi connectivity index (χ0) is 16.4. The molecule has 0 N–H and O–H groups in total. The van der Waals surface area contributed by atoms with E-state index in [0.29, 0.717) is 0 Å². The third kappa shape index (κ3) is 2.68. The lowest BCUT2D eigenvalue weighted by Crippen LogP contribution is -2.28. The lowest BCUT2D eigenvalue weighted by Gasteiger charge is -2.23. The Balaban J connectivity index is 1.89. The third-order valence-corrected chi connectivity index (χ3v) is 4.78. The summed E-state index contributed by atoms with van der Waals surface area (Å²) in [5.74, 6) is 0.774. The van der Waals surface area contributed by atoms with Crippen LogP contribution < -0.4 is 5.69 Å². The van der Waals surface area contributed by atoms with E-state index in [-0.39, 0.29) is 11.7 Å². The molecule has 0 radical (unpaired) electrons. The fourth-order valence-corrected chi connectivity index (χ4v) is 3.57. The standard InChI is InChI=1S/C20H21N3O/c24-20-22(17-12-6-2-7-13-17)19(16-10-4-1-5-11-16)21-23(20)18-14-8-3-9-15-18/h1,3-5,8-11,14-15,17H,2,6-7,12-13H2. The molecule has 1 aliphatic carbocycles. The Labute approximate surface area is 141 Å². The van der Waals surface area contributed by atoms with Crippen molar-refractivity contribution < 1.29 is 0 Å². The highest BCUT2D eigenvalue weighted by molar-refractivity contribution is 5.55. The molecule has 0 atom stereocenters. The summed E-state index contributed by atoms with van der Waals surface area (Å²) in [6.07, 6.45) is 5.74. The molecule has 0 bridgehead atoms. The van der Waals surface area contributed by atoms with E-state index in [9.17, 15) is 4.79 Å². The van der Waals surface area contributed by atoms with E-state index >= 15 is 0 Å². The van der Waals surface area contributed by atoms with Crippen LogP contribution in [-0.4, -0.2) is 14.3 Å². The Bertz CT molecular complexity index is 859. The van der Waals surface area contributed by atoms with Crippen LogP contribution in [0.3, 0.4) is 0 Å². The second-order valence-electron chi connectivity index (χ2n) is 6.38. The van der Waals surface area contributed by atoms with Crippen LogP contribution in [-0.2, 0) is 0 Å². The van der Waals surface area contributed by atoms with E-state index in [0.717, 1.165) is 29.9 Å². The fraction of sp³-hybridized carbons (Fsp3) is 0.300. The third-order valence-electron chi connectivity index (χ3n) is 4.78. The Hall–Kier alpha value is -2.62. The maximum atomic E-state index is 13.1. The van der Waals surface area contributed by atoms with Gasteiger partial charge >= 0.3 is 5.69 Å². The van der Waals surface area contributed by atoms with Gasteiger partial charge in [0.25, 0.3) is 0 Å². The van der Waals surface area contributed by atoms with Crippen molar-refractivity contribution in [1.29, 1.82) is 0 Å². The molecule has 4 rings (SSSR count). The average Bonchev–Trinajstić information content (AvgIpc) is 3.01. The number of aromatic nitrogens is 3. The SMILES string of the molecule is O=c1n(-c2ccccc2)nc(-c2ccccc2)n1C1CCCCC1. The smallest absolute Gasteiger partial charge is 0.271 e. The van der Waals surface area contributed by atoms with Gasteiger partial charge in [0.1, 0.15) is 0 Å². The molecule has 0 aliphatic heterocycles. The molecule has 0 spiro atoms. The van der Waals surface area contributed by atoms with E-state index in [2.05, 4.69) is 0 Å². The van der Waals surface area contributed by atoms with Gasteiger partial charge < -0.3 is 0 Å². The highest BCUT2D eigenvalue weighted by atomic mass is 16.2. The molecule has 3 aromatic rings. The van der Waals surface area contributed by atoms with E-state index in [1.165, 1.54) is 23.9 Å². The summed E-state index contributed by atoms with van der Waals surface area (Å²) in [7, 11) is 0. The van der Waals surface area contributed by atoms with Gasteiger partial charge in [-0.15, -0.1) is 5.10 Å². The lowest BCUT2D eigenvalue weighted by atomic mass is 9.95. The summed E-state index contributed by atoms with van der Waals surface area (Å²) < 4.78 is 3.46. The minimum atomic E-state index is -0.0352. The van der Waals surface area contributed by atoms with Gasteiger partial charge in [-0.3, -0.25) is 4.57 Å². The van der Waals surface area contributed by atoms with Crippen LogP contribution in [0.5, 0.6) is 0 Å². The van der Waals surface area contributed by atoms with E-state index in [1.54, 1.807) is 0 Å². The first-order valence-electron chi connectivity index (χ1n) is 8.67. The summed E-state index contributed by atoms with van der Waals surface area (Å²) in [5.41, 5.74) is 1.77. The molecule has 1 aromatic heterocycles. The second-order valence-corrected chi connectivity index (χ2v) is 6.38. The number of para-hydroxylation sites is 1. The summed E-state index contributed by atoms with van der Waals surface area (Å²) in [4.78, 5) is 13.1. The summed E-state index contributed by atoms with van der Waals surface area (Å²) in [6, 6.07) is 19.9. The van der Waals surface area contributed by atoms with Crippen molar-refractivity contribution in [2.45, 2.75) is 38.1 Å². The van der Waals surface area contributed by atoms with Crippen LogP contribution in [0.25, 0.3) is 17.1 Å². The quantitative estimate of drug-likeness (QED) is 0.725. The van der Waals surface area contributed by atoms with Crippen molar-refractivity contribution in [2.24, 2.45) is 0 Å². The first-order valence-corrected chi connectivity index (χ1v) is 8.67. The average molecular weight is 319 g/mol. The zero-order valence-corrected chi connectivity index (χ0v) is 13.6. The molecule has 0 unspecified atom stereocenters. The van der Waals surface area contributed by atoms with Crippen molar-refractivity contribution in [1.82, 2.24) is 14.3 Å². The minimum absolute atomic E-state index is 0.0352. The van der Waals surface area contributed by atoms with E-state index in [1.807, 2.05) is 65.2 Å². The molecule has 1 fully saturated rings. The predicted octanol–water partition coefficient (Wildman–Crippen LogP) is 4.21. The number of hydrogen-bond acceptors (Lipinski definition) is 2. The molecule has 4 nitrogen and oxygen atoms in total. The van der Waals surface area contributed by atoms with Crippen LogP contribution in [0, 0.1) is 0 Å². The number of hydrogen-bond donors (Lipinski definition) is 0. The van der Waals surface area contributed by atoms with Crippen LogP contribution in [0.2, 0.25) is 0 Å². The predicted molar refractivity (Wildman–Crippen MR) is 95.4 cm³/mol. The molecule has 24 heavy (non-hydrogen) atoms. The fourth-order valence-electron chi connectivity index (χ4n) is 3.57. The van der Waals surface area contributed by atoms with Crippen LogP contribution in [0.15, 0.2) is 65.5 Å². The first kappa shape index (κ1) is 14.9. The van der Waals surface area contributed by atoms with Crippen molar-refractivity contribution >= 4 is 0 Å². The molecule has 0 saturated heterocycles. The summed E-state index contributed by atoms with van der Waals surface area (Å²) in [6.45, 7) is 0. The van der Waals surface area contributed by atoms with Crippen molar-refractivity contribution in [3.05, 3.63) is 71.1 Å². The van der Waals surface area contributed by atoms with Gasteiger partial charge in [0.15, 0.2) is 5.82 Å². The van der Waals surface area contributed by atoms with Gasteiger partial charge in [0.05, 0.1) is 5.69 Å². The van der Waals surface area contributed by atoms with Crippen LogP contribution >= 0.6 is 0 Å². The van der Waals surface area contributed by atoms with Crippen molar-refractivity contribution in [2.75, 3.05) is 0 Å². The minimum Gasteiger partial charge on any atom is -0.271 e. The van der Waals surface area contributed by atoms with Gasteiger partial charge in [-0.25, -0.2) is 4.79 Å². The van der Waals surface area contributed by atoms with Gasteiger partial charge in [-0.05, 0) is 25.0 Å². The molecule has 1 saturated carbocycles. The molecular formula is C20H21N3O. The largest absolute Gasteiger partial charge is 0.351 e. The molecule has 1 aliphatic rings. The van der Waals surface area contributed by atoms with E-state index < -0.39 is 0 Å². The Morgan fingerprint density at radius 3 is 2.12 bits per heavy atom. The Morgan fingerprint density at radius 1 is 0.833 bits per heavy atom. The molecule has 2 aromatic carbocycles. The number of nitrogens with zero attached hydrogens (tertiary/aromatic N) is 3.